The van der Waals surface area contributed by atoms with Crippen LogP contribution in [0.2, 0.25) is 0 Å². The number of aromatic nitrogens is 2. The number of aromatic amines is 1. The Kier molecular flexibility index (Phi) is 4.43. The molecule has 1 aromatic rings. The van der Waals surface area contributed by atoms with E-state index in [1.54, 1.807) is 4.90 Å². The van der Waals surface area contributed by atoms with Gasteiger partial charge in [-0.25, -0.2) is 4.79 Å². The zero-order chi connectivity index (χ0) is 14.7. The molecule has 2 amide bonds. The van der Waals surface area contributed by atoms with Crippen LogP contribution in [0.1, 0.15) is 56.6 Å². The van der Waals surface area contributed by atoms with Gasteiger partial charge in [0.1, 0.15) is 0 Å². The molecule has 2 heterocycles. The standard InChI is InChI=1S/C15H25N5O/c16-11-20(15(21)19-8-4-1-5-9-19)13-10-17-18-14(13)12-6-2-3-7-12/h10,12H,1-9,11,16H2,(H,17,18). The number of hydrogen-bond acceptors (Lipinski definition) is 3. The van der Waals surface area contributed by atoms with Gasteiger partial charge in [-0.3, -0.25) is 10.00 Å². The number of amides is 2. The number of nitrogens with two attached hydrogens (primary N) is 1. The van der Waals surface area contributed by atoms with Crippen molar-refractivity contribution in [2.75, 3.05) is 24.7 Å². The second-order valence-corrected chi connectivity index (χ2v) is 6.08. The van der Waals surface area contributed by atoms with Gasteiger partial charge in [0.15, 0.2) is 0 Å². The van der Waals surface area contributed by atoms with Crippen LogP contribution in [0.4, 0.5) is 10.5 Å². The Labute approximate surface area is 125 Å². The lowest BCUT2D eigenvalue weighted by molar-refractivity contribution is 0.193. The minimum absolute atomic E-state index is 0.0258. The van der Waals surface area contributed by atoms with Crippen LogP contribution in [0.3, 0.4) is 0 Å². The van der Waals surface area contributed by atoms with Crippen LogP contribution < -0.4 is 10.6 Å². The Bertz CT molecular complexity index is 474. The van der Waals surface area contributed by atoms with Gasteiger partial charge in [0.2, 0.25) is 0 Å². The number of piperidine rings is 1. The number of carbonyl (C=O) groups excluding carboxylic acids is 1. The molecular weight excluding hydrogens is 266 g/mol. The van der Waals surface area contributed by atoms with Gasteiger partial charge in [-0.1, -0.05) is 12.8 Å². The highest BCUT2D eigenvalue weighted by Crippen LogP contribution is 2.37. The molecule has 116 valence electrons. The van der Waals surface area contributed by atoms with Crippen LogP contribution in [-0.2, 0) is 0 Å². The maximum absolute atomic E-state index is 12.7. The minimum atomic E-state index is 0.0258. The number of hydrogen-bond donors (Lipinski definition) is 2. The summed E-state index contributed by atoms with van der Waals surface area (Å²) < 4.78 is 0. The summed E-state index contributed by atoms with van der Waals surface area (Å²) in [6, 6.07) is 0.0258. The monoisotopic (exact) mass is 291 g/mol. The largest absolute Gasteiger partial charge is 0.325 e. The molecule has 6 nitrogen and oxygen atoms in total. The van der Waals surface area contributed by atoms with E-state index in [-0.39, 0.29) is 12.7 Å². The van der Waals surface area contributed by atoms with Crippen LogP contribution in [0.15, 0.2) is 6.20 Å². The quantitative estimate of drug-likeness (QED) is 0.839. The number of anilines is 1. The molecule has 0 aromatic carbocycles. The molecule has 1 aromatic heterocycles. The molecule has 6 heteroatoms. The van der Waals surface area contributed by atoms with Crippen molar-refractivity contribution in [1.29, 1.82) is 0 Å². The summed E-state index contributed by atoms with van der Waals surface area (Å²) >= 11 is 0. The van der Waals surface area contributed by atoms with Gasteiger partial charge in [0, 0.05) is 25.2 Å². The summed E-state index contributed by atoms with van der Waals surface area (Å²) in [5.74, 6) is 0.467. The molecule has 0 radical (unpaired) electrons. The van der Waals surface area contributed by atoms with E-state index in [0.29, 0.717) is 5.92 Å². The molecule has 1 aliphatic heterocycles. The molecule has 1 aliphatic carbocycles. The van der Waals surface area contributed by atoms with Crippen molar-refractivity contribution in [3.8, 4) is 0 Å². The first kappa shape index (κ1) is 14.4. The lowest BCUT2D eigenvalue weighted by Gasteiger charge is -2.32. The Morgan fingerprint density at radius 3 is 2.67 bits per heavy atom. The zero-order valence-corrected chi connectivity index (χ0v) is 12.6. The Morgan fingerprint density at radius 1 is 1.29 bits per heavy atom. The maximum atomic E-state index is 12.7. The van der Waals surface area contributed by atoms with Crippen molar-refractivity contribution in [3.63, 3.8) is 0 Å². The maximum Gasteiger partial charge on any atom is 0.325 e. The van der Waals surface area contributed by atoms with Gasteiger partial charge in [-0.15, -0.1) is 0 Å². The van der Waals surface area contributed by atoms with Crippen molar-refractivity contribution in [3.05, 3.63) is 11.9 Å². The molecule has 21 heavy (non-hydrogen) atoms. The van der Waals surface area contributed by atoms with Crippen molar-refractivity contribution in [2.24, 2.45) is 5.73 Å². The van der Waals surface area contributed by atoms with Crippen molar-refractivity contribution in [1.82, 2.24) is 15.1 Å². The molecule has 0 atom stereocenters. The summed E-state index contributed by atoms with van der Waals surface area (Å²) in [7, 11) is 0. The second kappa shape index (κ2) is 6.47. The summed E-state index contributed by atoms with van der Waals surface area (Å²) in [6.07, 6.45) is 10.0. The summed E-state index contributed by atoms with van der Waals surface area (Å²) in [6.45, 7) is 1.88. The Hall–Kier alpha value is -1.56. The zero-order valence-electron chi connectivity index (χ0n) is 12.6. The highest BCUT2D eigenvalue weighted by Gasteiger charge is 2.29. The van der Waals surface area contributed by atoms with Gasteiger partial charge in [0.25, 0.3) is 0 Å². The number of urea groups is 1. The topological polar surface area (TPSA) is 78.2 Å². The molecule has 0 spiro atoms. The van der Waals surface area contributed by atoms with Gasteiger partial charge in [-0.05, 0) is 32.1 Å². The van der Waals surface area contributed by atoms with E-state index in [9.17, 15) is 4.79 Å². The van der Waals surface area contributed by atoms with E-state index in [2.05, 4.69) is 10.2 Å². The third kappa shape index (κ3) is 2.90. The summed E-state index contributed by atoms with van der Waals surface area (Å²) in [5.41, 5.74) is 7.77. The van der Waals surface area contributed by atoms with Crippen LogP contribution in [0.25, 0.3) is 0 Å². The first-order valence-electron chi connectivity index (χ1n) is 8.11. The van der Waals surface area contributed by atoms with Crippen LogP contribution in [0, 0.1) is 0 Å². The van der Waals surface area contributed by atoms with Crippen LogP contribution >= 0.6 is 0 Å². The molecule has 2 fully saturated rings. The third-order valence-corrected chi connectivity index (χ3v) is 4.72. The Morgan fingerprint density at radius 2 is 2.00 bits per heavy atom. The van der Waals surface area contributed by atoms with Crippen molar-refractivity contribution >= 4 is 11.7 Å². The average molecular weight is 291 g/mol. The van der Waals surface area contributed by atoms with E-state index in [4.69, 9.17) is 5.73 Å². The smallest absolute Gasteiger partial charge is 0.324 e. The Balaban J connectivity index is 1.79. The lowest BCUT2D eigenvalue weighted by atomic mass is 10.0. The van der Waals surface area contributed by atoms with E-state index in [1.165, 1.54) is 19.3 Å². The SMILES string of the molecule is NCN(C(=O)N1CCCCC1)c1c[nH]nc1C1CCCC1. The number of nitrogens with one attached hydrogen (secondary N) is 1. The fourth-order valence-corrected chi connectivity index (χ4v) is 3.55. The molecule has 0 unspecified atom stereocenters. The van der Waals surface area contributed by atoms with Crippen LogP contribution in [-0.4, -0.2) is 40.9 Å². The normalized spacial score (nSPS) is 20.0. The minimum Gasteiger partial charge on any atom is -0.324 e. The molecule has 0 bridgehead atoms. The van der Waals surface area contributed by atoms with Crippen molar-refractivity contribution < 1.29 is 4.79 Å². The molecular formula is C15H25N5O. The molecule has 3 N–H and O–H groups in total. The third-order valence-electron chi connectivity index (χ3n) is 4.72. The molecule has 1 saturated carbocycles. The number of carbonyl (C=O) groups is 1. The van der Waals surface area contributed by atoms with E-state index < -0.39 is 0 Å². The number of nitrogens with zero attached hydrogens (tertiary/aromatic N) is 3. The average Bonchev–Trinajstić information content (AvgIpc) is 3.19. The number of likely N-dealkylation sites (tertiary alicyclic amines) is 1. The second-order valence-electron chi connectivity index (χ2n) is 6.08. The van der Waals surface area contributed by atoms with Gasteiger partial charge in [-0.2, -0.15) is 5.10 Å². The molecule has 2 aliphatic rings. The lowest BCUT2D eigenvalue weighted by Crippen LogP contribution is -2.48. The summed E-state index contributed by atoms with van der Waals surface area (Å²) in [4.78, 5) is 16.3. The van der Waals surface area contributed by atoms with Gasteiger partial charge < -0.3 is 10.6 Å². The first-order valence-corrected chi connectivity index (χ1v) is 8.11. The molecule has 3 rings (SSSR count). The van der Waals surface area contributed by atoms with E-state index in [1.807, 2.05) is 11.1 Å². The predicted molar refractivity (Wildman–Crippen MR) is 82.2 cm³/mol. The van der Waals surface area contributed by atoms with Gasteiger partial charge >= 0.3 is 6.03 Å². The highest BCUT2D eigenvalue weighted by atomic mass is 16.2. The van der Waals surface area contributed by atoms with Crippen molar-refractivity contribution in [2.45, 2.75) is 50.9 Å². The fraction of sp³-hybridized carbons (Fsp3) is 0.733. The first-order chi connectivity index (χ1) is 10.3. The van der Waals surface area contributed by atoms with Gasteiger partial charge in [0.05, 0.1) is 18.1 Å². The van der Waals surface area contributed by atoms with Crippen LogP contribution in [0.5, 0.6) is 0 Å². The van der Waals surface area contributed by atoms with E-state index in [0.717, 1.165) is 50.2 Å². The fourth-order valence-electron chi connectivity index (χ4n) is 3.55. The predicted octanol–water partition coefficient (Wildman–Crippen LogP) is 2.40. The number of H-pyrrole nitrogens is 1. The summed E-state index contributed by atoms with van der Waals surface area (Å²) in [5, 5.41) is 7.33. The molecule has 1 saturated heterocycles. The number of rotatable bonds is 3. The van der Waals surface area contributed by atoms with E-state index >= 15 is 0 Å². The highest BCUT2D eigenvalue weighted by molar-refractivity contribution is 5.92.